The van der Waals surface area contributed by atoms with Gasteiger partial charge in [0.1, 0.15) is 0 Å². The fourth-order valence-electron chi connectivity index (χ4n) is 1.81. The summed E-state index contributed by atoms with van der Waals surface area (Å²) in [5, 5.41) is 3.28. The van der Waals surface area contributed by atoms with Gasteiger partial charge in [-0.15, -0.1) is 11.3 Å². The molecule has 106 valence electrons. The van der Waals surface area contributed by atoms with Gasteiger partial charge in [-0.25, -0.2) is 4.98 Å². The first-order valence-electron chi connectivity index (χ1n) is 6.23. The van der Waals surface area contributed by atoms with Crippen LogP contribution in [0.4, 0.5) is 11.4 Å². The predicted octanol–water partition coefficient (Wildman–Crippen LogP) is 2.35. The highest BCUT2D eigenvalue weighted by atomic mass is 32.1. The molecule has 0 fully saturated rings. The fraction of sp³-hybridized carbons (Fsp3) is 0.286. The van der Waals surface area contributed by atoms with Crippen LogP contribution < -0.4 is 11.1 Å². The van der Waals surface area contributed by atoms with Gasteiger partial charge in [0.2, 0.25) is 0 Å². The average molecular weight is 290 g/mol. The van der Waals surface area contributed by atoms with Crippen molar-refractivity contribution < 1.29 is 4.79 Å². The van der Waals surface area contributed by atoms with Crippen molar-refractivity contribution in [3.05, 3.63) is 39.8 Å². The van der Waals surface area contributed by atoms with Gasteiger partial charge >= 0.3 is 0 Å². The number of carbonyl (C=O) groups is 1. The second-order valence-electron chi connectivity index (χ2n) is 4.72. The summed E-state index contributed by atoms with van der Waals surface area (Å²) in [7, 11) is 3.46. The highest BCUT2D eigenvalue weighted by Crippen LogP contribution is 2.22. The molecule has 0 radical (unpaired) electrons. The van der Waals surface area contributed by atoms with Gasteiger partial charge in [-0.3, -0.25) is 4.79 Å². The van der Waals surface area contributed by atoms with E-state index >= 15 is 0 Å². The van der Waals surface area contributed by atoms with Crippen molar-refractivity contribution in [1.29, 1.82) is 0 Å². The minimum absolute atomic E-state index is 0.0477. The number of nitrogen functional groups attached to an aromatic ring is 1. The maximum atomic E-state index is 12.1. The van der Waals surface area contributed by atoms with Crippen LogP contribution in [0.25, 0.3) is 0 Å². The van der Waals surface area contributed by atoms with E-state index in [1.165, 1.54) is 0 Å². The van der Waals surface area contributed by atoms with E-state index in [-0.39, 0.29) is 5.91 Å². The Hall–Kier alpha value is -2.08. The topological polar surface area (TPSA) is 71.2 Å². The molecule has 0 spiro atoms. The number of anilines is 2. The Bertz CT molecular complexity index is 621. The minimum Gasteiger partial charge on any atom is -0.399 e. The zero-order valence-corrected chi connectivity index (χ0v) is 12.6. The zero-order valence-electron chi connectivity index (χ0n) is 11.8. The molecule has 0 bridgehead atoms. The molecule has 3 N–H and O–H groups in total. The van der Waals surface area contributed by atoms with Gasteiger partial charge in [0.25, 0.3) is 5.91 Å². The summed E-state index contributed by atoms with van der Waals surface area (Å²) in [6.45, 7) is 2.60. The number of hydrogen-bond acceptors (Lipinski definition) is 5. The standard InChI is InChI=1S/C14H18N4OS/c1-9-13(20-8-17-9)7-16-12-6-10(15)4-5-11(12)14(19)18(2)3/h4-6,8,16H,7,15H2,1-3H3. The normalized spacial score (nSPS) is 10.3. The van der Waals surface area contributed by atoms with E-state index in [4.69, 9.17) is 5.73 Å². The quantitative estimate of drug-likeness (QED) is 0.848. The van der Waals surface area contributed by atoms with Crippen LogP contribution in [-0.2, 0) is 6.54 Å². The molecule has 1 heterocycles. The molecule has 0 saturated carbocycles. The van der Waals surface area contributed by atoms with Crippen LogP contribution in [0.1, 0.15) is 20.9 Å². The second kappa shape index (κ2) is 5.92. The summed E-state index contributed by atoms with van der Waals surface area (Å²) in [4.78, 5) is 19.1. The molecular weight excluding hydrogens is 272 g/mol. The number of aryl methyl sites for hydroxylation is 1. The predicted molar refractivity (Wildman–Crippen MR) is 83.0 cm³/mol. The van der Waals surface area contributed by atoms with Gasteiger partial charge in [0.05, 0.1) is 23.3 Å². The molecule has 0 atom stereocenters. The average Bonchev–Trinajstić information content (AvgIpc) is 2.81. The van der Waals surface area contributed by atoms with E-state index in [0.29, 0.717) is 17.8 Å². The lowest BCUT2D eigenvalue weighted by Crippen LogP contribution is -2.23. The van der Waals surface area contributed by atoms with Crippen LogP contribution in [0, 0.1) is 6.92 Å². The lowest BCUT2D eigenvalue weighted by molar-refractivity contribution is 0.0828. The number of rotatable bonds is 4. The molecule has 1 amide bonds. The third-order valence-electron chi connectivity index (χ3n) is 2.96. The highest BCUT2D eigenvalue weighted by molar-refractivity contribution is 7.09. The lowest BCUT2D eigenvalue weighted by Gasteiger charge is -2.15. The summed E-state index contributed by atoms with van der Waals surface area (Å²) in [5.41, 5.74) is 10.6. The van der Waals surface area contributed by atoms with Crippen LogP contribution in [0.3, 0.4) is 0 Å². The van der Waals surface area contributed by atoms with Gasteiger partial charge in [-0.05, 0) is 25.1 Å². The molecule has 0 aliphatic rings. The van der Waals surface area contributed by atoms with Gasteiger partial charge in [-0.2, -0.15) is 0 Å². The number of aromatic nitrogens is 1. The van der Waals surface area contributed by atoms with Crippen molar-refractivity contribution in [3.8, 4) is 0 Å². The lowest BCUT2D eigenvalue weighted by atomic mass is 10.1. The third kappa shape index (κ3) is 3.08. The first-order chi connectivity index (χ1) is 9.49. The first kappa shape index (κ1) is 14.3. The minimum atomic E-state index is -0.0477. The van der Waals surface area contributed by atoms with Crippen molar-refractivity contribution >= 4 is 28.6 Å². The largest absolute Gasteiger partial charge is 0.399 e. The Kier molecular flexibility index (Phi) is 4.24. The van der Waals surface area contributed by atoms with Crippen molar-refractivity contribution in [3.63, 3.8) is 0 Å². The first-order valence-corrected chi connectivity index (χ1v) is 7.11. The van der Waals surface area contributed by atoms with E-state index in [1.54, 1.807) is 48.5 Å². The Morgan fingerprint density at radius 2 is 2.20 bits per heavy atom. The summed E-state index contributed by atoms with van der Waals surface area (Å²) in [5.74, 6) is -0.0477. The van der Waals surface area contributed by atoms with E-state index < -0.39 is 0 Å². The molecule has 20 heavy (non-hydrogen) atoms. The Balaban J connectivity index is 2.24. The Morgan fingerprint density at radius 1 is 1.45 bits per heavy atom. The van der Waals surface area contributed by atoms with E-state index in [1.807, 2.05) is 12.4 Å². The molecule has 6 heteroatoms. The van der Waals surface area contributed by atoms with Crippen LogP contribution in [0.15, 0.2) is 23.7 Å². The zero-order chi connectivity index (χ0) is 14.7. The number of amides is 1. The van der Waals surface area contributed by atoms with Gasteiger partial charge in [0.15, 0.2) is 0 Å². The number of benzene rings is 1. The van der Waals surface area contributed by atoms with Crippen LogP contribution >= 0.6 is 11.3 Å². The smallest absolute Gasteiger partial charge is 0.255 e. The highest BCUT2D eigenvalue weighted by Gasteiger charge is 2.14. The van der Waals surface area contributed by atoms with Crippen molar-refractivity contribution in [2.24, 2.45) is 0 Å². The molecule has 5 nitrogen and oxygen atoms in total. The number of thiazole rings is 1. The molecule has 0 saturated heterocycles. The molecule has 2 rings (SSSR count). The van der Waals surface area contributed by atoms with Crippen molar-refractivity contribution in [2.75, 3.05) is 25.1 Å². The maximum absolute atomic E-state index is 12.1. The molecule has 1 aromatic carbocycles. The van der Waals surface area contributed by atoms with Crippen LogP contribution in [0.2, 0.25) is 0 Å². The van der Waals surface area contributed by atoms with E-state index in [2.05, 4.69) is 10.3 Å². The molecule has 1 aromatic heterocycles. The summed E-state index contributed by atoms with van der Waals surface area (Å²) < 4.78 is 0. The van der Waals surface area contributed by atoms with Crippen LogP contribution in [0.5, 0.6) is 0 Å². The molecule has 0 unspecified atom stereocenters. The van der Waals surface area contributed by atoms with Gasteiger partial charge < -0.3 is 16.0 Å². The maximum Gasteiger partial charge on any atom is 0.255 e. The van der Waals surface area contributed by atoms with Crippen molar-refractivity contribution in [2.45, 2.75) is 13.5 Å². The Morgan fingerprint density at radius 3 is 2.80 bits per heavy atom. The molecule has 2 aromatic rings. The SMILES string of the molecule is Cc1ncsc1CNc1cc(N)ccc1C(=O)N(C)C. The third-order valence-corrected chi connectivity index (χ3v) is 3.90. The van der Waals surface area contributed by atoms with Gasteiger partial charge in [0, 0.05) is 30.3 Å². The number of hydrogen-bond donors (Lipinski definition) is 2. The monoisotopic (exact) mass is 290 g/mol. The van der Waals surface area contributed by atoms with E-state index in [9.17, 15) is 4.79 Å². The number of nitrogens with one attached hydrogen (secondary N) is 1. The van der Waals surface area contributed by atoms with Crippen LogP contribution in [-0.4, -0.2) is 29.9 Å². The number of carbonyl (C=O) groups excluding carboxylic acids is 1. The van der Waals surface area contributed by atoms with Crippen molar-refractivity contribution in [1.82, 2.24) is 9.88 Å². The molecule has 0 aliphatic carbocycles. The number of nitrogens with two attached hydrogens (primary N) is 1. The molecular formula is C14H18N4OS. The fourth-order valence-corrected chi connectivity index (χ4v) is 2.52. The summed E-state index contributed by atoms with van der Waals surface area (Å²) >= 11 is 1.59. The summed E-state index contributed by atoms with van der Waals surface area (Å²) in [6.07, 6.45) is 0. The van der Waals surface area contributed by atoms with E-state index in [0.717, 1.165) is 16.3 Å². The number of nitrogens with zero attached hydrogens (tertiary/aromatic N) is 2. The van der Waals surface area contributed by atoms with Gasteiger partial charge in [-0.1, -0.05) is 0 Å². The molecule has 0 aliphatic heterocycles. The second-order valence-corrected chi connectivity index (χ2v) is 5.66. The summed E-state index contributed by atoms with van der Waals surface area (Å²) in [6, 6.07) is 5.27. The Labute approximate surface area is 122 Å².